The molecule has 5 N–H and O–H groups in total. The van der Waals surface area contributed by atoms with Gasteiger partial charge < -0.3 is 29.8 Å². The van der Waals surface area contributed by atoms with Crippen molar-refractivity contribution in [3.05, 3.63) is 146 Å². The number of aromatic amines is 3. The van der Waals surface area contributed by atoms with E-state index in [1.54, 1.807) is 133 Å². The Morgan fingerprint density at radius 1 is 0.380 bits per heavy atom. The van der Waals surface area contributed by atoms with Crippen LogP contribution in [0.4, 0.5) is 0 Å². The Morgan fingerprint density at radius 3 is 0.739 bits per heavy atom. The average molecular weight is 1360 g/mol. The first kappa shape index (κ1) is 67.1. The number of hydrogen-bond donors (Lipinski definition) is 5. The van der Waals surface area contributed by atoms with Crippen molar-refractivity contribution in [1.29, 1.82) is 0 Å². The number of carbonyl (C=O) groups is 6. The largest absolute Gasteiger partial charge is 0.477 e. The molecule has 3 aliphatic carbocycles. The van der Waals surface area contributed by atoms with Crippen LogP contribution in [-0.2, 0) is 54.8 Å². The van der Waals surface area contributed by atoms with E-state index in [4.69, 9.17) is 0 Å². The van der Waals surface area contributed by atoms with Crippen LogP contribution in [0.5, 0.6) is 0 Å². The fourth-order valence-corrected chi connectivity index (χ4v) is 20.2. The van der Waals surface area contributed by atoms with Gasteiger partial charge in [-0.3, -0.25) is 19.2 Å². The fourth-order valence-electron chi connectivity index (χ4n) is 13.0. The zero-order valence-corrected chi connectivity index (χ0v) is 58.6. The Labute approximate surface area is 555 Å². The molecule has 9 heterocycles. The highest BCUT2D eigenvalue weighted by molar-refractivity contribution is 7.16. The van der Waals surface area contributed by atoms with Crippen LogP contribution >= 0.6 is 68.0 Å². The number of tetrazole rings is 3. The van der Waals surface area contributed by atoms with Gasteiger partial charge in [-0.2, -0.15) is 15.6 Å². The van der Waals surface area contributed by atoms with Crippen molar-refractivity contribution in [3.63, 3.8) is 0 Å². The van der Waals surface area contributed by atoms with Crippen LogP contribution in [-0.4, -0.2) is 184 Å². The van der Waals surface area contributed by atoms with Gasteiger partial charge in [0, 0.05) is 85.6 Å². The first-order valence-electron chi connectivity index (χ1n) is 30.0. The number of aromatic nitrogens is 12. The second-order valence-electron chi connectivity index (χ2n) is 25.3. The lowest BCUT2D eigenvalue weighted by Crippen LogP contribution is -2.33. The smallest absolute Gasteiger partial charge is 0.345 e. The lowest BCUT2D eigenvalue weighted by molar-refractivity contribution is 0.0691. The summed E-state index contributed by atoms with van der Waals surface area (Å²) in [6.07, 6.45) is 6.62. The topological polar surface area (TPSA) is 319 Å². The number of rotatable bonds is 15. The molecule has 4 amide bonds. The number of carboxylic acids is 2. The van der Waals surface area contributed by atoms with E-state index in [-0.39, 0.29) is 39.3 Å². The standard InChI is InChI=1S/2C22H28N6O2S2.C18H18N4O4S2/c2*1-12(2)11-22(21-23-25-26-24-21)13-9-17(19(29)27(3)4)31-15(13)7-8-16-14(22)10-18(32-16)20(30)28(5)6;1-8(2)7-18(17-19-21-22-20-17)9-5-13(15(23)24)27-11(9)3-4-12-10(18)6-14(28-12)16(25)26/h2*9-10,12H,7-8,11H2,1-6H3,(H,23,24,25,26);5-6,8H,3-4,7H2,1-2H3,(H,23,24)(H,25,26)(H,19,20,21,22). The third-order valence-corrected chi connectivity index (χ3v) is 23.7. The van der Waals surface area contributed by atoms with Crippen LogP contribution < -0.4 is 0 Å². The van der Waals surface area contributed by atoms with Gasteiger partial charge in [0.1, 0.15) is 9.75 Å². The average Bonchev–Trinajstić information content (AvgIpc) is 1.59. The molecule has 30 heteroatoms. The summed E-state index contributed by atoms with van der Waals surface area (Å²) in [7, 11) is 14.1. The number of carboxylic acid groups (broad SMARTS) is 2. The Kier molecular flexibility index (Phi) is 19.5. The molecule has 9 aromatic rings. The molecule has 12 rings (SSSR count). The number of aryl methyl sites for hydroxylation is 6. The number of H-pyrrole nitrogens is 3. The second kappa shape index (κ2) is 26.7. The van der Waals surface area contributed by atoms with Crippen LogP contribution in [0.15, 0.2) is 36.4 Å². The van der Waals surface area contributed by atoms with Gasteiger partial charge in [0.25, 0.3) is 23.6 Å². The lowest BCUT2D eigenvalue weighted by atomic mass is 9.69. The lowest BCUT2D eigenvalue weighted by Gasteiger charge is -2.33. The minimum absolute atomic E-state index is 0.0105. The Hall–Kier alpha value is -7.77. The molecule has 9 aromatic heterocycles. The van der Waals surface area contributed by atoms with E-state index in [9.17, 15) is 39.0 Å². The summed E-state index contributed by atoms with van der Waals surface area (Å²) in [6.45, 7) is 12.8. The molecule has 0 fully saturated rings. The molecule has 0 aliphatic heterocycles. The molecular weight excluding hydrogens is 1290 g/mol. The van der Waals surface area contributed by atoms with Crippen molar-refractivity contribution < 1.29 is 39.0 Å². The summed E-state index contributed by atoms with van der Waals surface area (Å²) < 4.78 is 0. The second-order valence-corrected chi connectivity index (χ2v) is 32.1. The number of nitrogens with zero attached hydrogens (tertiary/aromatic N) is 13. The molecule has 0 radical (unpaired) electrons. The van der Waals surface area contributed by atoms with Crippen LogP contribution in [0.2, 0.25) is 0 Å². The van der Waals surface area contributed by atoms with Gasteiger partial charge in [0.15, 0.2) is 17.5 Å². The first-order chi connectivity index (χ1) is 43.6. The molecule has 0 saturated heterocycles. The molecule has 3 aliphatic rings. The maximum absolute atomic E-state index is 12.8. The number of hydrogen-bond acceptors (Lipinski definition) is 21. The molecular formula is C62H74N16O8S6. The van der Waals surface area contributed by atoms with Crippen molar-refractivity contribution in [2.45, 2.75) is 116 Å². The molecule has 486 valence electrons. The van der Waals surface area contributed by atoms with Gasteiger partial charge in [-0.1, -0.05) is 57.2 Å². The maximum atomic E-state index is 12.8. The van der Waals surface area contributed by atoms with Crippen molar-refractivity contribution in [1.82, 2.24) is 81.5 Å². The minimum atomic E-state index is -0.971. The Morgan fingerprint density at radius 2 is 0.576 bits per heavy atom. The summed E-state index contributed by atoms with van der Waals surface area (Å²) in [5, 5.41) is 64.8. The fraction of sp³-hybridized carbons (Fsp3) is 0.468. The summed E-state index contributed by atoms with van der Waals surface area (Å²) in [6, 6.07) is 11.5. The van der Waals surface area contributed by atoms with Crippen molar-refractivity contribution in [2.75, 3.05) is 56.4 Å². The van der Waals surface area contributed by atoms with E-state index in [0.717, 1.165) is 81.7 Å². The number of fused-ring (bicyclic) bond motifs is 6. The van der Waals surface area contributed by atoms with E-state index < -0.39 is 28.2 Å². The van der Waals surface area contributed by atoms with Gasteiger partial charge in [-0.15, -0.1) is 98.6 Å². The Balaban J connectivity index is 0.000000152. The van der Waals surface area contributed by atoms with Gasteiger partial charge in [0.2, 0.25) is 0 Å². The van der Waals surface area contributed by atoms with Crippen molar-refractivity contribution in [3.8, 4) is 0 Å². The normalized spacial score (nSPS) is 14.8. The predicted octanol–water partition coefficient (Wildman–Crippen LogP) is 9.61. The van der Waals surface area contributed by atoms with Gasteiger partial charge in [0.05, 0.1) is 35.8 Å². The van der Waals surface area contributed by atoms with Crippen LogP contribution in [0.25, 0.3) is 0 Å². The van der Waals surface area contributed by atoms with E-state index in [1.807, 2.05) is 24.3 Å². The third kappa shape index (κ3) is 12.4. The monoisotopic (exact) mass is 1360 g/mol. The maximum Gasteiger partial charge on any atom is 0.345 e. The number of thiophene rings is 6. The van der Waals surface area contributed by atoms with Crippen molar-refractivity contribution in [2.24, 2.45) is 17.8 Å². The SMILES string of the molecule is CC(C)CC1(c2nn[nH]n2)c2cc(C(=O)N(C)C)sc2CCc2sc(C(=O)N(C)C)cc21.CC(C)CC1(c2nn[nH]n2)c2cc(C(=O)N(C)C)sc2CCc2sc(C(=O)N(C)C)cc21.CC(C)CC1(c2nn[nH]n2)c2cc(C(=O)O)sc2CCc2sc(C(=O)O)cc21. The first-order valence-corrected chi connectivity index (χ1v) is 34.9. The number of carbonyl (C=O) groups excluding carboxylic acids is 4. The molecule has 92 heavy (non-hydrogen) atoms. The zero-order chi connectivity index (χ0) is 66.5. The van der Waals surface area contributed by atoms with Gasteiger partial charge >= 0.3 is 11.9 Å². The minimum Gasteiger partial charge on any atom is -0.477 e. The molecule has 24 nitrogen and oxygen atoms in total. The highest BCUT2D eigenvalue weighted by Crippen LogP contribution is 2.55. The number of nitrogens with one attached hydrogen (secondary N) is 3. The van der Waals surface area contributed by atoms with E-state index in [1.165, 1.54) is 42.2 Å². The van der Waals surface area contributed by atoms with Gasteiger partial charge in [-0.25, -0.2) is 9.59 Å². The zero-order valence-electron chi connectivity index (χ0n) is 53.7. The van der Waals surface area contributed by atoms with Crippen molar-refractivity contribution >= 4 is 104 Å². The third-order valence-electron chi connectivity index (χ3n) is 16.6. The van der Waals surface area contributed by atoms with Crippen LogP contribution in [0.1, 0.15) is 199 Å². The number of aromatic carboxylic acids is 2. The summed E-state index contributed by atoms with van der Waals surface area (Å²) >= 11 is 8.75. The molecule has 0 saturated carbocycles. The van der Waals surface area contributed by atoms with E-state index >= 15 is 0 Å². The molecule has 0 spiro atoms. The quantitative estimate of drug-likeness (QED) is 0.0637. The summed E-state index contributed by atoms with van der Waals surface area (Å²) in [5.41, 5.74) is 3.74. The van der Waals surface area contributed by atoms with Crippen LogP contribution in [0, 0.1) is 17.8 Å². The highest BCUT2D eigenvalue weighted by Gasteiger charge is 2.51. The molecule has 0 aromatic carbocycles. The highest BCUT2D eigenvalue weighted by atomic mass is 32.1. The molecule has 0 unspecified atom stereocenters. The molecule has 0 bridgehead atoms. The Bertz CT molecular complexity index is 3810. The summed E-state index contributed by atoms with van der Waals surface area (Å²) in [5.74, 6) is 0.468. The van der Waals surface area contributed by atoms with Gasteiger partial charge in [-0.05, 0) is 145 Å². The molecule has 0 atom stereocenters. The van der Waals surface area contributed by atoms with E-state index in [0.29, 0.717) is 68.1 Å². The van der Waals surface area contributed by atoms with E-state index in [2.05, 4.69) is 103 Å². The number of amides is 4. The van der Waals surface area contributed by atoms with Crippen LogP contribution in [0.3, 0.4) is 0 Å². The predicted molar refractivity (Wildman–Crippen MR) is 355 cm³/mol. The summed E-state index contributed by atoms with van der Waals surface area (Å²) in [4.78, 5) is 91.0.